The Balaban J connectivity index is 1.86. The maximum absolute atomic E-state index is 12.8. The van der Waals surface area contributed by atoms with Crippen LogP contribution in [0.3, 0.4) is 0 Å². The van der Waals surface area contributed by atoms with Crippen molar-refractivity contribution in [2.45, 2.75) is 64.0 Å². The molecule has 0 bridgehead atoms. The molecule has 2 atom stereocenters. The number of carbonyl (C=O) groups excluding carboxylic acids is 1. The molecule has 0 aliphatic heterocycles. The van der Waals surface area contributed by atoms with Gasteiger partial charge in [0.15, 0.2) is 5.71 Å². The molecule has 2 aliphatic rings. The molecule has 0 spiro atoms. The van der Waals surface area contributed by atoms with Gasteiger partial charge in [0, 0.05) is 6.20 Å². The average Bonchev–Trinajstić information content (AvgIpc) is 2.74. The van der Waals surface area contributed by atoms with Crippen LogP contribution in [0, 0.1) is 0 Å². The first kappa shape index (κ1) is 22.2. The molecule has 6 nitrogen and oxygen atoms in total. The number of aliphatic hydroxyl groups excluding tert-OH is 1. The number of aromatic nitrogens is 1. The van der Waals surface area contributed by atoms with Gasteiger partial charge in [0.05, 0.1) is 12.1 Å². The van der Waals surface area contributed by atoms with E-state index in [0.29, 0.717) is 24.4 Å². The van der Waals surface area contributed by atoms with Gasteiger partial charge in [-0.3, -0.25) is 4.79 Å². The quantitative estimate of drug-likeness (QED) is 0.274. The van der Waals surface area contributed by atoms with Crippen LogP contribution in [-0.4, -0.2) is 39.1 Å². The maximum atomic E-state index is 12.8. The van der Waals surface area contributed by atoms with Gasteiger partial charge in [-0.2, -0.15) is 0 Å². The molecule has 1 aromatic heterocycles. The van der Waals surface area contributed by atoms with Crippen molar-refractivity contribution in [1.29, 1.82) is 0 Å². The minimum Gasteiger partial charge on any atom is -0.410 e. The lowest BCUT2D eigenvalue weighted by Crippen LogP contribution is -2.47. The summed E-state index contributed by atoms with van der Waals surface area (Å²) in [7, 11) is 0. The van der Waals surface area contributed by atoms with Crippen LogP contribution in [0.5, 0.6) is 0 Å². The zero-order valence-corrected chi connectivity index (χ0v) is 17.9. The minimum absolute atomic E-state index is 0.0797. The summed E-state index contributed by atoms with van der Waals surface area (Å²) < 4.78 is 0. The summed E-state index contributed by atoms with van der Waals surface area (Å²) >= 11 is 5.90. The van der Waals surface area contributed by atoms with Gasteiger partial charge in [-0.1, -0.05) is 47.8 Å². The van der Waals surface area contributed by atoms with E-state index in [9.17, 15) is 15.1 Å². The molecule has 2 aliphatic carbocycles. The van der Waals surface area contributed by atoms with Crippen LogP contribution < -0.4 is 5.32 Å². The molecule has 3 rings (SSSR count). The highest BCUT2D eigenvalue weighted by Gasteiger charge is 2.26. The first-order chi connectivity index (χ1) is 14.5. The molecule has 160 valence electrons. The third-order valence-corrected chi connectivity index (χ3v) is 5.84. The molecule has 0 aromatic carbocycles. The molecule has 7 heteroatoms. The van der Waals surface area contributed by atoms with Crippen molar-refractivity contribution in [3.8, 4) is 0 Å². The van der Waals surface area contributed by atoms with Gasteiger partial charge < -0.3 is 15.6 Å². The number of oxime groups is 1. The lowest BCUT2D eigenvalue weighted by atomic mass is 9.88. The number of amides is 1. The molecule has 1 fully saturated rings. The Morgan fingerprint density at radius 1 is 1.30 bits per heavy atom. The second-order valence-corrected chi connectivity index (χ2v) is 8.22. The van der Waals surface area contributed by atoms with E-state index in [0.717, 1.165) is 48.0 Å². The fourth-order valence-electron chi connectivity index (χ4n) is 3.96. The molecule has 1 aromatic rings. The van der Waals surface area contributed by atoms with Gasteiger partial charge in [-0.15, -0.1) is 0 Å². The Morgan fingerprint density at radius 3 is 2.73 bits per heavy atom. The highest BCUT2D eigenvalue weighted by molar-refractivity contribution is 6.43. The highest BCUT2D eigenvalue weighted by Crippen LogP contribution is 2.28. The van der Waals surface area contributed by atoms with E-state index in [1.807, 2.05) is 13.0 Å². The number of carbonyl (C=O) groups is 1. The fourth-order valence-corrected chi connectivity index (χ4v) is 4.08. The summed E-state index contributed by atoms with van der Waals surface area (Å²) in [5.74, 6) is -0.492. The molecular formula is C23H28ClN3O3. The minimum atomic E-state index is -0.572. The third-order valence-electron chi connectivity index (χ3n) is 5.62. The number of hydrogen-bond donors (Lipinski definition) is 3. The number of allylic oxidation sites excluding steroid dienone is 5. The molecule has 30 heavy (non-hydrogen) atoms. The zero-order valence-electron chi connectivity index (χ0n) is 17.1. The SMILES string of the molecule is CC1=CCCC=C1/C(=C\C(=N\O)C(=O)N[C@H]1CCCC[C@@H]1O)Cc1ccc(Cl)nc1. The number of hydrogen-bond acceptors (Lipinski definition) is 5. The Morgan fingerprint density at radius 2 is 2.07 bits per heavy atom. The smallest absolute Gasteiger partial charge is 0.273 e. The van der Waals surface area contributed by atoms with E-state index in [1.54, 1.807) is 18.3 Å². The van der Waals surface area contributed by atoms with Crippen molar-refractivity contribution in [2.24, 2.45) is 5.16 Å². The highest BCUT2D eigenvalue weighted by atomic mass is 35.5. The van der Waals surface area contributed by atoms with Crippen molar-refractivity contribution in [3.05, 3.63) is 64.0 Å². The molecule has 0 radical (unpaired) electrons. The number of pyridine rings is 1. The van der Waals surface area contributed by atoms with Gasteiger partial charge in [0.25, 0.3) is 5.91 Å². The number of nitrogens with one attached hydrogen (secondary N) is 1. The monoisotopic (exact) mass is 429 g/mol. The van der Waals surface area contributed by atoms with E-state index in [1.165, 1.54) is 0 Å². The van der Waals surface area contributed by atoms with Crippen LogP contribution in [-0.2, 0) is 11.2 Å². The second-order valence-electron chi connectivity index (χ2n) is 7.83. The van der Waals surface area contributed by atoms with Crippen LogP contribution in [0.2, 0.25) is 5.15 Å². The summed E-state index contributed by atoms with van der Waals surface area (Å²) in [5.41, 5.74) is 3.87. The Labute approximate surface area is 182 Å². The van der Waals surface area contributed by atoms with Crippen LogP contribution in [0.1, 0.15) is 51.0 Å². The fraction of sp³-hybridized carbons (Fsp3) is 0.435. The van der Waals surface area contributed by atoms with Crippen LogP contribution >= 0.6 is 11.6 Å². The van der Waals surface area contributed by atoms with Crippen molar-refractivity contribution < 1.29 is 15.1 Å². The lowest BCUT2D eigenvalue weighted by molar-refractivity contribution is -0.116. The molecule has 1 heterocycles. The molecule has 1 saturated carbocycles. The Hall–Kier alpha value is -2.44. The van der Waals surface area contributed by atoms with Crippen molar-refractivity contribution >= 4 is 23.2 Å². The average molecular weight is 430 g/mol. The Kier molecular flexibility index (Phi) is 7.82. The first-order valence-electron chi connectivity index (χ1n) is 10.4. The van der Waals surface area contributed by atoms with Gasteiger partial charge in [0.1, 0.15) is 5.15 Å². The number of nitrogens with zero attached hydrogens (tertiary/aromatic N) is 2. The summed E-state index contributed by atoms with van der Waals surface area (Å²) in [5, 5.41) is 26.2. The predicted octanol–water partition coefficient (Wildman–Crippen LogP) is 4.12. The molecule has 1 amide bonds. The van der Waals surface area contributed by atoms with Crippen molar-refractivity contribution in [3.63, 3.8) is 0 Å². The third kappa shape index (κ3) is 5.80. The largest absolute Gasteiger partial charge is 0.410 e. The predicted molar refractivity (Wildman–Crippen MR) is 118 cm³/mol. The summed E-state index contributed by atoms with van der Waals surface area (Å²) in [6.45, 7) is 2.03. The van der Waals surface area contributed by atoms with Gasteiger partial charge in [-0.05, 0) is 73.5 Å². The zero-order chi connectivity index (χ0) is 21.5. The van der Waals surface area contributed by atoms with E-state index >= 15 is 0 Å². The van der Waals surface area contributed by atoms with Crippen LogP contribution in [0.4, 0.5) is 0 Å². The van der Waals surface area contributed by atoms with Gasteiger partial charge >= 0.3 is 0 Å². The topological polar surface area (TPSA) is 94.8 Å². The standard InChI is InChI=1S/C23H28ClN3O3/c1-15-6-2-3-7-18(15)17(12-16-10-11-22(24)25-14-16)13-20(27-30)23(29)26-19-8-4-5-9-21(19)28/h6-7,10-11,13-14,19,21,28,30H,2-5,8-9,12H2,1H3,(H,26,29)/b17-13-,27-20-/t19-,21-/m0/s1. The van der Waals surface area contributed by atoms with Gasteiger partial charge in [-0.25, -0.2) is 4.98 Å². The Bertz CT molecular complexity index is 887. The van der Waals surface area contributed by atoms with Crippen molar-refractivity contribution in [1.82, 2.24) is 10.3 Å². The second kappa shape index (κ2) is 10.5. The lowest BCUT2D eigenvalue weighted by Gasteiger charge is -2.28. The molecule has 0 saturated heterocycles. The molecule has 0 unspecified atom stereocenters. The van der Waals surface area contributed by atoms with E-state index in [-0.39, 0.29) is 11.8 Å². The summed E-state index contributed by atoms with van der Waals surface area (Å²) in [6.07, 6.45) is 12.7. The first-order valence-corrected chi connectivity index (χ1v) is 10.8. The van der Waals surface area contributed by atoms with Crippen molar-refractivity contribution in [2.75, 3.05) is 0 Å². The maximum Gasteiger partial charge on any atom is 0.273 e. The van der Waals surface area contributed by atoms with Crippen LogP contribution in [0.25, 0.3) is 0 Å². The van der Waals surface area contributed by atoms with E-state index < -0.39 is 12.0 Å². The summed E-state index contributed by atoms with van der Waals surface area (Å²) in [6, 6.07) is 3.29. The van der Waals surface area contributed by atoms with Crippen LogP contribution in [0.15, 0.2) is 58.4 Å². The molecule has 3 N–H and O–H groups in total. The summed E-state index contributed by atoms with van der Waals surface area (Å²) in [4.78, 5) is 16.9. The normalized spacial score (nSPS) is 22.9. The molecular weight excluding hydrogens is 402 g/mol. The number of halogens is 1. The van der Waals surface area contributed by atoms with Gasteiger partial charge in [0.2, 0.25) is 0 Å². The van der Waals surface area contributed by atoms with E-state index in [4.69, 9.17) is 11.6 Å². The van der Waals surface area contributed by atoms with E-state index in [2.05, 4.69) is 27.6 Å². The number of rotatable bonds is 6. The number of aliphatic hydroxyl groups is 1.